The zero-order chi connectivity index (χ0) is 13.8. The fourth-order valence-electron chi connectivity index (χ4n) is 1.91. The van der Waals surface area contributed by atoms with Crippen LogP contribution >= 0.6 is 0 Å². The molecule has 0 aliphatic carbocycles. The summed E-state index contributed by atoms with van der Waals surface area (Å²) in [7, 11) is 1.30. The van der Waals surface area contributed by atoms with Gasteiger partial charge in [-0.15, -0.1) is 0 Å². The maximum atomic E-state index is 11.7. The highest BCUT2D eigenvalue weighted by molar-refractivity contribution is 5.91. The SMILES string of the molecule is COC(=O)C1=CNC=CC1c1cccc([N+](=O)[O-])c1. The van der Waals surface area contributed by atoms with Crippen LogP contribution in [0.1, 0.15) is 11.5 Å². The Balaban J connectivity index is 2.39. The molecule has 1 aromatic rings. The third kappa shape index (κ3) is 2.62. The predicted molar refractivity (Wildman–Crippen MR) is 68.2 cm³/mol. The lowest BCUT2D eigenvalue weighted by Gasteiger charge is -2.18. The first-order chi connectivity index (χ1) is 9.13. The zero-order valence-corrected chi connectivity index (χ0v) is 10.2. The van der Waals surface area contributed by atoms with Gasteiger partial charge in [-0.25, -0.2) is 4.79 Å². The Hall–Kier alpha value is -2.63. The molecule has 0 saturated heterocycles. The van der Waals surface area contributed by atoms with Crippen LogP contribution in [-0.2, 0) is 9.53 Å². The molecule has 0 bridgehead atoms. The van der Waals surface area contributed by atoms with Gasteiger partial charge in [-0.05, 0) is 11.8 Å². The van der Waals surface area contributed by atoms with Crippen molar-refractivity contribution in [2.45, 2.75) is 5.92 Å². The average Bonchev–Trinajstić information content (AvgIpc) is 2.46. The van der Waals surface area contributed by atoms with Crippen molar-refractivity contribution in [3.63, 3.8) is 0 Å². The molecule has 0 fully saturated rings. The Labute approximate surface area is 109 Å². The minimum absolute atomic E-state index is 0.00588. The number of non-ortho nitro benzene ring substituents is 1. The molecule has 0 amide bonds. The highest BCUT2D eigenvalue weighted by Gasteiger charge is 2.24. The number of rotatable bonds is 3. The van der Waals surface area contributed by atoms with E-state index < -0.39 is 10.9 Å². The van der Waals surface area contributed by atoms with Crippen LogP contribution in [-0.4, -0.2) is 18.0 Å². The van der Waals surface area contributed by atoms with Crippen LogP contribution in [0.2, 0.25) is 0 Å². The van der Waals surface area contributed by atoms with E-state index in [9.17, 15) is 14.9 Å². The number of allylic oxidation sites excluding steroid dienone is 1. The highest BCUT2D eigenvalue weighted by Crippen LogP contribution is 2.30. The van der Waals surface area contributed by atoms with E-state index in [1.807, 2.05) is 0 Å². The molecule has 1 aromatic carbocycles. The first kappa shape index (κ1) is 12.8. The first-order valence-electron chi connectivity index (χ1n) is 5.59. The number of benzene rings is 1. The lowest BCUT2D eigenvalue weighted by atomic mass is 9.90. The number of nitrogens with one attached hydrogen (secondary N) is 1. The van der Waals surface area contributed by atoms with Gasteiger partial charge in [-0.2, -0.15) is 0 Å². The van der Waals surface area contributed by atoms with E-state index in [0.717, 1.165) is 0 Å². The summed E-state index contributed by atoms with van der Waals surface area (Å²) in [4.78, 5) is 22.0. The van der Waals surface area contributed by atoms with Gasteiger partial charge >= 0.3 is 5.97 Å². The van der Waals surface area contributed by atoms with Crippen molar-refractivity contribution in [1.29, 1.82) is 0 Å². The number of methoxy groups -OCH3 is 1. The lowest BCUT2D eigenvalue weighted by Crippen LogP contribution is -2.18. The van der Waals surface area contributed by atoms with Crippen molar-refractivity contribution in [3.05, 3.63) is 64.0 Å². The number of nitrogens with zero attached hydrogens (tertiary/aromatic N) is 1. The maximum Gasteiger partial charge on any atom is 0.336 e. The summed E-state index contributed by atoms with van der Waals surface area (Å²) in [6, 6.07) is 6.20. The van der Waals surface area contributed by atoms with Gasteiger partial charge < -0.3 is 10.1 Å². The second-order valence-corrected chi connectivity index (χ2v) is 3.95. The summed E-state index contributed by atoms with van der Waals surface area (Å²) in [5.41, 5.74) is 1.07. The van der Waals surface area contributed by atoms with Gasteiger partial charge in [0.25, 0.3) is 5.69 Å². The predicted octanol–water partition coefficient (Wildman–Crippen LogP) is 1.85. The molecule has 1 N–H and O–H groups in total. The summed E-state index contributed by atoms with van der Waals surface area (Å²) in [5, 5.41) is 13.6. The number of dihydropyridines is 1. The molecule has 0 radical (unpaired) electrons. The topological polar surface area (TPSA) is 81.5 Å². The van der Waals surface area contributed by atoms with Crippen molar-refractivity contribution in [2.24, 2.45) is 0 Å². The van der Waals surface area contributed by atoms with E-state index in [0.29, 0.717) is 11.1 Å². The second kappa shape index (κ2) is 5.34. The molecule has 0 aromatic heterocycles. The van der Waals surface area contributed by atoms with Crippen molar-refractivity contribution in [3.8, 4) is 0 Å². The average molecular weight is 260 g/mol. The molecular formula is C13H12N2O4. The van der Waals surface area contributed by atoms with Crippen molar-refractivity contribution < 1.29 is 14.5 Å². The number of ether oxygens (including phenoxy) is 1. The number of nitro groups is 1. The van der Waals surface area contributed by atoms with Gasteiger partial charge in [0.05, 0.1) is 17.6 Å². The molecule has 1 aliphatic heterocycles. The maximum absolute atomic E-state index is 11.7. The summed E-state index contributed by atoms with van der Waals surface area (Å²) in [6.07, 6.45) is 4.97. The largest absolute Gasteiger partial charge is 0.466 e. The van der Waals surface area contributed by atoms with Crippen molar-refractivity contribution >= 4 is 11.7 Å². The summed E-state index contributed by atoms with van der Waals surface area (Å²) < 4.78 is 4.70. The summed E-state index contributed by atoms with van der Waals surface area (Å²) in [6.45, 7) is 0. The molecule has 6 heteroatoms. The molecule has 0 saturated carbocycles. The molecule has 1 unspecified atom stereocenters. The van der Waals surface area contributed by atoms with E-state index in [1.54, 1.807) is 24.4 Å². The number of nitro benzene ring substituents is 1. The van der Waals surface area contributed by atoms with Crippen LogP contribution in [0, 0.1) is 10.1 Å². The molecular weight excluding hydrogens is 248 g/mol. The van der Waals surface area contributed by atoms with Crippen LogP contribution in [0.15, 0.2) is 48.3 Å². The third-order valence-corrected chi connectivity index (χ3v) is 2.82. The quantitative estimate of drug-likeness (QED) is 0.509. The molecule has 2 rings (SSSR count). The molecule has 1 heterocycles. The fourth-order valence-corrected chi connectivity index (χ4v) is 1.91. The Morgan fingerprint density at radius 2 is 2.26 bits per heavy atom. The molecule has 19 heavy (non-hydrogen) atoms. The second-order valence-electron chi connectivity index (χ2n) is 3.95. The molecule has 98 valence electrons. The number of hydrogen-bond donors (Lipinski definition) is 1. The van der Waals surface area contributed by atoms with Crippen LogP contribution < -0.4 is 5.32 Å². The van der Waals surface area contributed by atoms with E-state index in [-0.39, 0.29) is 11.6 Å². The monoisotopic (exact) mass is 260 g/mol. The standard InChI is InChI=1S/C13H12N2O4/c1-19-13(16)12-8-14-6-5-11(12)9-3-2-4-10(7-9)15(17)18/h2-8,11,14H,1H3. The Morgan fingerprint density at radius 3 is 2.95 bits per heavy atom. The van der Waals surface area contributed by atoms with E-state index in [1.165, 1.54) is 25.4 Å². The third-order valence-electron chi connectivity index (χ3n) is 2.82. The van der Waals surface area contributed by atoms with Crippen molar-refractivity contribution in [2.75, 3.05) is 7.11 Å². The minimum Gasteiger partial charge on any atom is -0.466 e. The van der Waals surface area contributed by atoms with Crippen LogP contribution in [0.3, 0.4) is 0 Å². The lowest BCUT2D eigenvalue weighted by molar-refractivity contribution is -0.384. The van der Waals surface area contributed by atoms with Crippen LogP contribution in [0.25, 0.3) is 0 Å². The molecule has 1 aliphatic rings. The number of carbonyl (C=O) groups is 1. The molecule has 1 atom stereocenters. The Kier molecular flexibility index (Phi) is 3.61. The minimum atomic E-state index is -0.464. The van der Waals surface area contributed by atoms with Crippen LogP contribution in [0.4, 0.5) is 5.69 Å². The Morgan fingerprint density at radius 1 is 1.47 bits per heavy atom. The fraction of sp³-hybridized carbons (Fsp3) is 0.154. The van der Waals surface area contributed by atoms with E-state index in [2.05, 4.69) is 5.32 Å². The number of carbonyl (C=O) groups excluding carboxylic acids is 1. The summed E-state index contributed by atoms with van der Waals surface area (Å²) in [5.74, 6) is -0.818. The highest BCUT2D eigenvalue weighted by atomic mass is 16.6. The van der Waals surface area contributed by atoms with E-state index in [4.69, 9.17) is 4.74 Å². The Bertz CT molecular complexity index is 578. The van der Waals surface area contributed by atoms with Gasteiger partial charge in [0.1, 0.15) is 0 Å². The smallest absolute Gasteiger partial charge is 0.336 e. The molecule has 0 spiro atoms. The van der Waals surface area contributed by atoms with Crippen molar-refractivity contribution in [1.82, 2.24) is 5.32 Å². The van der Waals surface area contributed by atoms with Crippen LogP contribution in [0.5, 0.6) is 0 Å². The number of hydrogen-bond acceptors (Lipinski definition) is 5. The van der Waals surface area contributed by atoms with Gasteiger partial charge in [0.15, 0.2) is 0 Å². The first-order valence-corrected chi connectivity index (χ1v) is 5.59. The van der Waals surface area contributed by atoms with Gasteiger partial charge in [-0.1, -0.05) is 18.2 Å². The molecule has 6 nitrogen and oxygen atoms in total. The normalized spacial score (nSPS) is 17.3. The summed E-state index contributed by atoms with van der Waals surface area (Å²) >= 11 is 0. The number of esters is 1. The zero-order valence-electron chi connectivity index (χ0n) is 10.2. The van der Waals surface area contributed by atoms with Gasteiger partial charge in [-0.3, -0.25) is 10.1 Å². The van der Waals surface area contributed by atoms with E-state index >= 15 is 0 Å². The van der Waals surface area contributed by atoms with Gasteiger partial charge in [0.2, 0.25) is 0 Å². The van der Waals surface area contributed by atoms with Gasteiger partial charge in [0, 0.05) is 24.3 Å².